The molecule has 0 aliphatic rings. The van der Waals surface area contributed by atoms with E-state index in [0.29, 0.717) is 30.4 Å². The first-order chi connectivity index (χ1) is 8.48. The second-order valence-electron chi connectivity index (χ2n) is 4.15. The van der Waals surface area contributed by atoms with Crippen LogP contribution in [0.15, 0.2) is 6.20 Å². The molecular weight excluding hydrogens is 258 g/mol. The SMILES string of the molecule is COCCC(C)(O)CNc1nc(OC)ncc1Cl. The van der Waals surface area contributed by atoms with E-state index in [2.05, 4.69) is 15.3 Å². The molecule has 0 aliphatic carbocycles. The van der Waals surface area contributed by atoms with Crippen LogP contribution in [-0.4, -0.2) is 48.0 Å². The molecule has 1 unspecified atom stereocenters. The smallest absolute Gasteiger partial charge is 0.318 e. The highest BCUT2D eigenvalue weighted by molar-refractivity contribution is 6.32. The van der Waals surface area contributed by atoms with E-state index in [4.69, 9.17) is 21.1 Å². The fourth-order valence-electron chi connectivity index (χ4n) is 1.26. The van der Waals surface area contributed by atoms with Gasteiger partial charge < -0.3 is 19.9 Å². The molecule has 0 amide bonds. The quantitative estimate of drug-likeness (QED) is 0.782. The van der Waals surface area contributed by atoms with Crippen LogP contribution in [0.4, 0.5) is 5.82 Å². The standard InChI is InChI=1S/C11H18ClN3O3/c1-11(16,4-5-17-2)7-14-9-8(12)6-13-10(15-9)18-3/h6,16H,4-5,7H2,1-3H3,(H,13,14,15). The molecule has 0 spiro atoms. The Balaban J connectivity index is 2.62. The number of hydrogen-bond acceptors (Lipinski definition) is 6. The zero-order chi connectivity index (χ0) is 13.6. The van der Waals surface area contributed by atoms with Gasteiger partial charge in [0.25, 0.3) is 0 Å². The third-order valence-electron chi connectivity index (χ3n) is 2.39. The lowest BCUT2D eigenvalue weighted by Crippen LogP contribution is -2.35. The monoisotopic (exact) mass is 275 g/mol. The van der Waals surface area contributed by atoms with Gasteiger partial charge in [-0.2, -0.15) is 4.98 Å². The predicted molar refractivity (Wildman–Crippen MR) is 69.2 cm³/mol. The Kier molecular flexibility index (Phi) is 5.58. The van der Waals surface area contributed by atoms with Gasteiger partial charge in [0.2, 0.25) is 0 Å². The van der Waals surface area contributed by atoms with Crippen molar-refractivity contribution in [3.8, 4) is 6.01 Å². The number of ether oxygens (including phenoxy) is 2. The van der Waals surface area contributed by atoms with Gasteiger partial charge in [-0.15, -0.1) is 0 Å². The van der Waals surface area contributed by atoms with Crippen molar-refractivity contribution in [1.29, 1.82) is 0 Å². The van der Waals surface area contributed by atoms with Gasteiger partial charge in [-0.1, -0.05) is 11.6 Å². The van der Waals surface area contributed by atoms with Crippen LogP contribution >= 0.6 is 11.6 Å². The van der Waals surface area contributed by atoms with Crippen LogP contribution in [0.5, 0.6) is 6.01 Å². The van der Waals surface area contributed by atoms with Gasteiger partial charge >= 0.3 is 6.01 Å². The number of halogens is 1. The Morgan fingerprint density at radius 2 is 2.22 bits per heavy atom. The van der Waals surface area contributed by atoms with E-state index in [0.717, 1.165) is 0 Å². The summed E-state index contributed by atoms with van der Waals surface area (Å²) >= 11 is 5.94. The molecule has 0 radical (unpaired) electrons. The largest absolute Gasteiger partial charge is 0.467 e. The lowest BCUT2D eigenvalue weighted by atomic mass is 10.0. The Hall–Kier alpha value is -1.11. The molecule has 1 rings (SSSR count). The fourth-order valence-corrected chi connectivity index (χ4v) is 1.42. The fraction of sp³-hybridized carbons (Fsp3) is 0.636. The predicted octanol–water partition coefficient (Wildman–Crippen LogP) is 1.34. The first kappa shape index (κ1) is 14.9. The lowest BCUT2D eigenvalue weighted by molar-refractivity contribution is 0.0357. The van der Waals surface area contributed by atoms with E-state index >= 15 is 0 Å². The van der Waals surface area contributed by atoms with Crippen molar-refractivity contribution in [2.45, 2.75) is 18.9 Å². The summed E-state index contributed by atoms with van der Waals surface area (Å²) < 4.78 is 9.83. The molecular formula is C11H18ClN3O3. The first-order valence-electron chi connectivity index (χ1n) is 5.50. The Labute approximate surface area is 111 Å². The number of nitrogens with zero attached hydrogens (tertiary/aromatic N) is 2. The summed E-state index contributed by atoms with van der Waals surface area (Å²) in [6.45, 7) is 2.50. The number of rotatable bonds is 7. The minimum atomic E-state index is -0.905. The van der Waals surface area contributed by atoms with Gasteiger partial charge in [-0.3, -0.25) is 0 Å². The van der Waals surface area contributed by atoms with Crippen LogP contribution in [0.1, 0.15) is 13.3 Å². The zero-order valence-electron chi connectivity index (χ0n) is 10.7. The van der Waals surface area contributed by atoms with Crippen LogP contribution in [0.25, 0.3) is 0 Å². The first-order valence-corrected chi connectivity index (χ1v) is 5.88. The van der Waals surface area contributed by atoms with Gasteiger partial charge in [0.1, 0.15) is 5.02 Å². The molecule has 2 N–H and O–H groups in total. The molecule has 1 aromatic rings. The summed E-state index contributed by atoms with van der Waals surface area (Å²) in [6, 6.07) is 0.221. The topological polar surface area (TPSA) is 76.5 Å². The highest BCUT2D eigenvalue weighted by Gasteiger charge is 2.20. The zero-order valence-corrected chi connectivity index (χ0v) is 11.5. The molecule has 102 valence electrons. The highest BCUT2D eigenvalue weighted by Crippen LogP contribution is 2.21. The number of methoxy groups -OCH3 is 2. The molecule has 0 aliphatic heterocycles. The van der Waals surface area contributed by atoms with Gasteiger partial charge in [0, 0.05) is 26.7 Å². The number of hydrogen-bond donors (Lipinski definition) is 2. The normalized spacial score (nSPS) is 14.1. The van der Waals surface area contributed by atoms with Crippen molar-refractivity contribution in [3.63, 3.8) is 0 Å². The number of anilines is 1. The molecule has 0 fully saturated rings. The summed E-state index contributed by atoms with van der Waals surface area (Å²) in [5.41, 5.74) is -0.905. The number of nitrogens with one attached hydrogen (secondary N) is 1. The Morgan fingerprint density at radius 1 is 1.50 bits per heavy atom. The summed E-state index contributed by atoms with van der Waals surface area (Å²) in [6.07, 6.45) is 1.95. The average Bonchev–Trinajstić information content (AvgIpc) is 2.35. The maximum absolute atomic E-state index is 10.1. The van der Waals surface area contributed by atoms with Crippen LogP contribution in [0.2, 0.25) is 5.02 Å². The summed E-state index contributed by atoms with van der Waals surface area (Å²) in [7, 11) is 3.07. The maximum atomic E-state index is 10.1. The van der Waals surface area contributed by atoms with Gasteiger partial charge in [0.15, 0.2) is 5.82 Å². The molecule has 7 heteroatoms. The molecule has 0 aromatic carbocycles. The minimum absolute atomic E-state index is 0.221. The third-order valence-corrected chi connectivity index (χ3v) is 2.66. The second kappa shape index (κ2) is 6.72. The molecule has 1 heterocycles. The minimum Gasteiger partial charge on any atom is -0.467 e. The molecule has 6 nitrogen and oxygen atoms in total. The van der Waals surface area contributed by atoms with E-state index in [1.54, 1.807) is 14.0 Å². The van der Waals surface area contributed by atoms with E-state index in [1.807, 2.05) is 0 Å². The summed E-state index contributed by atoms with van der Waals surface area (Å²) in [4.78, 5) is 7.92. The number of aliphatic hydroxyl groups is 1. The molecule has 1 atom stereocenters. The van der Waals surface area contributed by atoms with E-state index in [1.165, 1.54) is 13.3 Å². The van der Waals surface area contributed by atoms with Crippen LogP contribution in [0, 0.1) is 0 Å². The third kappa shape index (κ3) is 4.64. The molecule has 1 aromatic heterocycles. The molecule has 18 heavy (non-hydrogen) atoms. The Morgan fingerprint density at radius 3 is 2.83 bits per heavy atom. The maximum Gasteiger partial charge on any atom is 0.318 e. The van der Waals surface area contributed by atoms with Crippen LogP contribution in [-0.2, 0) is 4.74 Å². The van der Waals surface area contributed by atoms with Crippen molar-refractivity contribution in [1.82, 2.24) is 9.97 Å². The van der Waals surface area contributed by atoms with Crippen LogP contribution in [0.3, 0.4) is 0 Å². The molecule has 0 bridgehead atoms. The van der Waals surface area contributed by atoms with Gasteiger partial charge in [-0.05, 0) is 6.92 Å². The van der Waals surface area contributed by atoms with Crippen LogP contribution < -0.4 is 10.1 Å². The average molecular weight is 276 g/mol. The molecule has 0 saturated carbocycles. The summed E-state index contributed by atoms with van der Waals surface area (Å²) in [5.74, 6) is 0.432. The molecule has 0 saturated heterocycles. The highest BCUT2D eigenvalue weighted by atomic mass is 35.5. The van der Waals surface area contributed by atoms with Crippen molar-refractivity contribution >= 4 is 17.4 Å². The Bertz CT molecular complexity index is 388. The van der Waals surface area contributed by atoms with Crippen molar-refractivity contribution in [3.05, 3.63) is 11.2 Å². The van der Waals surface area contributed by atoms with Crippen molar-refractivity contribution in [2.24, 2.45) is 0 Å². The second-order valence-corrected chi connectivity index (χ2v) is 4.55. The van der Waals surface area contributed by atoms with Crippen molar-refractivity contribution < 1.29 is 14.6 Å². The lowest BCUT2D eigenvalue weighted by Gasteiger charge is -2.23. The van der Waals surface area contributed by atoms with E-state index < -0.39 is 5.60 Å². The summed E-state index contributed by atoms with van der Waals surface area (Å²) in [5, 5.41) is 13.4. The van der Waals surface area contributed by atoms with Crippen molar-refractivity contribution in [2.75, 3.05) is 32.7 Å². The number of aromatic nitrogens is 2. The van der Waals surface area contributed by atoms with E-state index in [9.17, 15) is 5.11 Å². The van der Waals surface area contributed by atoms with Gasteiger partial charge in [0.05, 0.1) is 18.9 Å². The van der Waals surface area contributed by atoms with Gasteiger partial charge in [-0.25, -0.2) is 4.98 Å². The van der Waals surface area contributed by atoms with E-state index in [-0.39, 0.29) is 6.01 Å².